The van der Waals surface area contributed by atoms with Crippen molar-refractivity contribution >= 4 is 40.1 Å². The molecule has 29 heavy (non-hydrogen) atoms. The molecule has 142 valence electrons. The number of hydrogen-bond donors (Lipinski definition) is 2. The number of carbonyl (C=O) groups is 2. The second kappa shape index (κ2) is 7.73. The normalized spacial score (nSPS) is 10.7. The lowest BCUT2D eigenvalue weighted by molar-refractivity contribution is 0.0691. The Hall–Kier alpha value is -3.70. The molecular formula is C23H15ClN2O3. The van der Waals surface area contributed by atoms with Gasteiger partial charge in [-0.1, -0.05) is 66.2 Å². The summed E-state index contributed by atoms with van der Waals surface area (Å²) >= 11 is 6.12. The number of carbonyl (C=O) groups excluding carboxylic acids is 1. The lowest BCUT2D eigenvalue weighted by atomic mass is 9.99. The molecule has 0 bridgehead atoms. The van der Waals surface area contributed by atoms with Gasteiger partial charge in [-0.15, -0.1) is 0 Å². The van der Waals surface area contributed by atoms with Gasteiger partial charge >= 0.3 is 5.97 Å². The quantitative estimate of drug-likeness (QED) is 0.472. The van der Waals surface area contributed by atoms with Crippen molar-refractivity contribution in [2.24, 2.45) is 0 Å². The number of para-hydroxylation sites is 1. The summed E-state index contributed by atoms with van der Waals surface area (Å²) in [7, 11) is 0. The molecule has 5 nitrogen and oxygen atoms in total. The summed E-state index contributed by atoms with van der Waals surface area (Å²) in [5, 5.41) is 13.4. The molecule has 4 aromatic rings. The van der Waals surface area contributed by atoms with Gasteiger partial charge in [-0.25, -0.2) is 9.78 Å². The zero-order valence-corrected chi connectivity index (χ0v) is 15.9. The molecule has 0 fully saturated rings. The highest BCUT2D eigenvalue weighted by Gasteiger charge is 2.17. The van der Waals surface area contributed by atoms with Crippen molar-refractivity contribution in [1.29, 1.82) is 0 Å². The fourth-order valence-electron chi connectivity index (χ4n) is 3.15. The van der Waals surface area contributed by atoms with Crippen molar-refractivity contribution in [2.45, 2.75) is 0 Å². The number of nitrogens with zero attached hydrogens (tertiary/aromatic N) is 1. The van der Waals surface area contributed by atoms with Crippen LogP contribution in [0.4, 0.5) is 5.69 Å². The van der Waals surface area contributed by atoms with E-state index in [0.29, 0.717) is 21.8 Å². The van der Waals surface area contributed by atoms with Crippen molar-refractivity contribution in [3.8, 4) is 11.1 Å². The molecule has 3 aromatic carbocycles. The van der Waals surface area contributed by atoms with Crippen molar-refractivity contribution < 1.29 is 14.7 Å². The van der Waals surface area contributed by atoms with Gasteiger partial charge in [-0.3, -0.25) is 4.79 Å². The Morgan fingerprint density at radius 2 is 1.62 bits per heavy atom. The van der Waals surface area contributed by atoms with Crippen LogP contribution >= 0.6 is 11.6 Å². The molecular weight excluding hydrogens is 388 g/mol. The summed E-state index contributed by atoms with van der Waals surface area (Å²) in [6, 6.07) is 23.0. The number of rotatable bonds is 4. The van der Waals surface area contributed by atoms with Gasteiger partial charge in [0, 0.05) is 5.39 Å². The van der Waals surface area contributed by atoms with E-state index in [1.54, 1.807) is 42.5 Å². The van der Waals surface area contributed by atoms with Gasteiger partial charge in [0.05, 0.1) is 21.8 Å². The molecule has 1 aromatic heterocycles. The molecule has 0 unspecified atom stereocenters. The number of halogens is 1. The summed E-state index contributed by atoms with van der Waals surface area (Å²) in [5.41, 5.74) is 2.61. The Morgan fingerprint density at radius 1 is 0.897 bits per heavy atom. The van der Waals surface area contributed by atoms with Crippen LogP contribution in [0, 0.1) is 0 Å². The molecule has 0 aliphatic heterocycles. The van der Waals surface area contributed by atoms with E-state index in [1.807, 2.05) is 36.4 Å². The zero-order valence-electron chi connectivity index (χ0n) is 15.1. The Labute approximate surface area is 171 Å². The van der Waals surface area contributed by atoms with E-state index in [0.717, 1.165) is 16.5 Å². The highest BCUT2D eigenvalue weighted by Crippen LogP contribution is 2.32. The molecule has 0 atom stereocenters. The van der Waals surface area contributed by atoms with Crippen LogP contribution in [0.25, 0.3) is 22.0 Å². The lowest BCUT2D eigenvalue weighted by Crippen LogP contribution is -2.13. The molecule has 1 amide bonds. The van der Waals surface area contributed by atoms with Crippen molar-refractivity contribution in [2.75, 3.05) is 5.32 Å². The molecule has 2 N–H and O–H groups in total. The SMILES string of the molecule is O=C(O)c1cc(-c2ccccc2)c2cccc(NC(=O)c3ccccc3Cl)c2n1. The molecule has 0 saturated heterocycles. The maximum absolute atomic E-state index is 12.7. The van der Waals surface area contributed by atoms with Crippen LogP contribution in [0.2, 0.25) is 5.02 Å². The predicted molar refractivity (Wildman–Crippen MR) is 114 cm³/mol. The molecule has 0 aliphatic carbocycles. The molecule has 0 aliphatic rings. The number of fused-ring (bicyclic) bond motifs is 1. The predicted octanol–water partition coefficient (Wildman–Crippen LogP) is 5.51. The molecule has 4 rings (SSSR count). The fraction of sp³-hybridized carbons (Fsp3) is 0. The minimum absolute atomic E-state index is 0.101. The van der Waals surface area contributed by atoms with E-state index >= 15 is 0 Å². The third kappa shape index (κ3) is 3.68. The largest absolute Gasteiger partial charge is 0.477 e. The van der Waals surface area contributed by atoms with Gasteiger partial charge in [0.1, 0.15) is 5.69 Å². The third-order valence-corrected chi connectivity index (χ3v) is 4.84. The molecule has 1 heterocycles. The Balaban J connectivity index is 1.88. The smallest absolute Gasteiger partial charge is 0.354 e. The number of amides is 1. The zero-order chi connectivity index (χ0) is 20.4. The van der Waals surface area contributed by atoms with Gasteiger partial charge in [0.15, 0.2) is 0 Å². The van der Waals surface area contributed by atoms with E-state index in [2.05, 4.69) is 10.3 Å². The average Bonchev–Trinajstić information content (AvgIpc) is 2.74. The standard InChI is InChI=1S/C23H15ClN2O3/c24-18-11-5-4-9-16(18)22(27)26-19-12-6-10-15-17(14-7-2-1-3-8-14)13-20(23(28)29)25-21(15)19/h1-13H,(H,26,27)(H,28,29). The fourth-order valence-corrected chi connectivity index (χ4v) is 3.37. The summed E-state index contributed by atoms with van der Waals surface area (Å²) in [6.45, 7) is 0. The van der Waals surface area contributed by atoms with Gasteiger partial charge < -0.3 is 10.4 Å². The Morgan fingerprint density at radius 3 is 2.34 bits per heavy atom. The maximum atomic E-state index is 12.7. The first kappa shape index (κ1) is 18.7. The number of hydrogen-bond acceptors (Lipinski definition) is 3. The molecule has 0 saturated carbocycles. The van der Waals surface area contributed by atoms with Crippen LogP contribution in [0.5, 0.6) is 0 Å². The van der Waals surface area contributed by atoms with Crippen LogP contribution in [0.15, 0.2) is 78.9 Å². The van der Waals surface area contributed by atoms with Crippen molar-refractivity contribution in [3.05, 3.63) is 95.1 Å². The summed E-state index contributed by atoms with van der Waals surface area (Å²) in [5.74, 6) is -1.54. The lowest BCUT2D eigenvalue weighted by Gasteiger charge is -2.13. The number of anilines is 1. The maximum Gasteiger partial charge on any atom is 0.354 e. The van der Waals surface area contributed by atoms with Crippen LogP contribution in [-0.2, 0) is 0 Å². The monoisotopic (exact) mass is 402 g/mol. The number of aromatic carboxylic acids is 1. The van der Waals surface area contributed by atoms with Crippen LogP contribution in [0.1, 0.15) is 20.8 Å². The molecule has 0 spiro atoms. The Bertz CT molecular complexity index is 1240. The van der Waals surface area contributed by atoms with E-state index < -0.39 is 11.9 Å². The van der Waals surface area contributed by atoms with Gasteiger partial charge in [0.25, 0.3) is 5.91 Å². The summed E-state index contributed by atoms with van der Waals surface area (Å²) in [6.07, 6.45) is 0. The van der Waals surface area contributed by atoms with Crippen molar-refractivity contribution in [3.63, 3.8) is 0 Å². The summed E-state index contributed by atoms with van der Waals surface area (Å²) < 4.78 is 0. The van der Waals surface area contributed by atoms with E-state index in [4.69, 9.17) is 11.6 Å². The number of carboxylic acid groups (broad SMARTS) is 1. The number of carboxylic acids is 1. The first-order valence-electron chi connectivity index (χ1n) is 8.83. The summed E-state index contributed by atoms with van der Waals surface area (Å²) in [4.78, 5) is 28.7. The van der Waals surface area contributed by atoms with E-state index in [1.165, 1.54) is 0 Å². The topological polar surface area (TPSA) is 79.3 Å². The molecule has 0 radical (unpaired) electrons. The van der Waals surface area contributed by atoms with Crippen LogP contribution < -0.4 is 5.32 Å². The number of pyridine rings is 1. The third-order valence-electron chi connectivity index (χ3n) is 4.51. The number of benzene rings is 3. The first-order chi connectivity index (χ1) is 14.0. The number of nitrogens with one attached hydrogen (secondary N) is 1. The highest BCUT2D eigenvalue weighted by atomic mass is 35.5. The average molecular weight is 403 g/mol. The van der Waals surface area contributed by atoms with E-state index in [-0.39, 0.29) is 5.69 Å². The van der Waals surface area contributed by atoms with Gasteiger partial charge in [0.2, 0.25) is 0 Å². The second-order valence-corrected chi connectivity index (χ2v) is 6.77. The number of aromatic nitrogens is 1. The van der Waals surface area contributed by atoms with Gasteiger partial charge in [-0.2, -0.15) is 0 Å². The van der Waals surface area contributed by atoms with Crippen LogP contribution in [0.3, 0.4) is 0 Å². The first-order valence-corrected chi connectivity index (χ1v) is 9.21. The Kier molecular flexibility index (Phi) is 4.97. The highest BCUT2D eigenvalue weighted by molar-refractivity contribution is 6.34. The molecule has 6 heteroatoms. The minimum Gasteiger partial charge on any atom is -0.477 e. The second-order valence-electron chi connectivity index (χ2n) is 6.36. The van der Waals surface area contributed by atoms with Crippen molar-refractivity contribution in [1.82, 2.24) is 4.98 Å². The van der Waals surface area contributed by atoms with E-state index in [9.17, 15) is 14.7 Å². The van der Waals surface area contributed by atoms with Gasteiger partial charge in [-0.05, 0) is 35.4 Å². The van der Waals surface area contributed by atoms with Crippen LogP contribution in [-0.4, -0.2) is 22.0 Å². The minimum atomic E-state index is -1.14.